The van der Waals surface area contributed by atoms with Gasteiger partial charge in [0.15, 0.2) is 0 Å². The Morgan fingerprint density at radius 3 is 2.76 bits per heavy atom. The Hall–Kier alpha value is -2.24. The molecule has 0 bridgehead atoms. The second-order valence-corrected chi connectivity index (χ2v) is 5.33. The fourth-order valence-corrected chi connectivity index (χ4v) is 2.67. The number of aryl methyl sites for hydroxylation is 1. The van der Waals surface area contributed by atoms with Crippen LogP contribution in [0.15, 0.2) is 29.1 Å². The van der Waals surface area contributed by atoms with E-state index in [-0.39, 0.29) is 11.5 Å². The second-order valence-electron chi connectivity index (χ2n) is 5.33. The number of rotatable bonds is 4. The standard InChI is InChI=1S/C15H18N4O2/c20-14(18-9-3-4-10-18)8-5-11-19-15(21)12-6-1-2-7-13(12)16-17-19/h1-2,6-7H,3-5,8-11H2. The summed E-state index contributed by atoms with van der Waals surface area (Å²) in [4.78, 5) is 26.1. The van der Waals surface area contributed by atoms with E-state index >= 15 is 0 Å². The van der Waals surface area contributed by atoms with Crippen LogP contribution in [0.4, 0.5) is 0 Å². The number of aromatic nitrogens is 3. The molecule has 0 saturated carbocycles. The SMILES string of the molecule is O=C(CCCn1nnc2ccccc2c1=O)N1CCCC1. The number of fused-ring (bicyclic) bond motifs is 1. The zero-order valence-corrected chi connectivity index (χ0v) is 11.9. The molecule has 2 aromatic rings. The van der Waals surface area contributed by atoms with Gasteiger partial charge in [-0.05, 0) is 31.4 Å². The largest absolute Gasteiger partial charge is 0.343 e. The fourth-order valence-electron chi connectivity index (χ4n) is 2.67. The summed E-state index contributed by atoms with van der Waals surface area (Å²) in [5.74, 6) is 0.175. The summed E-state index contributed by atoms with van der Waals surface area (Å²) in [7, 11) is 0. The van der Waals surface area contributed by atoms with Crippen molar-refractivity contribution in [1.82, 2.24) is 19.9 Å². The summed E-state index contributed by atoms with van der Waals surface area (Å²) >= 11 is 0. The molecule has 0 atom stereocenters. The Balaban J connectivity index is 1.64. The maximum atomic E-state index is 12.2. The van der Waals surface area contributed by atoms with Gasteiger partial charge in [-0.3, -0.25) is 9.59 Å². The zero-order valence-electron chi connectivity index (χ0n) is 11.9. The number of nitrogens with zero attached hydrogens (tertiary/aromatic N) is 4. The zero-order chi connectivity index (χ0) is 14.7. The van der Waals surface area contributed by atoms with Gasteiger partial charge in [-0.2, -0.15) is 0 Å². The molecule has 0 spiro atoms. The predicted octanol–water partition coefficient (Wildman–Crippen LogP) is 1.19. The van der Waals surface area contributed by atoms with Gasteiger partial charge in [-0.25, -0.2) is 4.68 Å². The van der Waals surface area contributed by atoms with Crippen molar-refractivity contribution in [3.8, 4) is 0 Å². The lowest BCUT2D eigenvalue weighted by molar-refractivity contribution is -0.130. The Labute approximate surface area is 122 Å². The fraction of sp³-hybridized carbons (Fsp3) is 0.467. The molecule has 2 heterocycles. The van der Waals surface area contributed by atoms with Gasteiger partial charge in [0.1, 0.15) is 5.52 Å². The van der Waals surface area contributed by atoms with Gasteiger partial charge in [-0.15, -0.1) is 5.10 Å². The van der Waals surface area contributed by atoms with E-state index in [2.05, 4.69) is 10.3 Å². The lowest BCUT2D eigenvalue weighted by atomic mass is 10.2. The number of hydrogen-bond acceptors (Lipinski definition) is 4. The molecule has 0 N–H and O–H groups in total. The lowest BCUT2D eigenvalue weighted by Gasteiger charge is -2.14. The number of amides is 1. The molecule has 1 aliphatic rings. The highest BCUT2D eigenvalue weighted by atomic mass is 16.2. The van der Waals surface area contributed by atoms with E-state index in [4.69, 9.17) is 0 Å². The van der Waals surface area contributed by atoms with Crippen LogP contribution in [0.5, 0.6) is 0 Å². The first-order chi connectivity index (χ1) is 10.3. The minimum Gasteiger partial charge on any atom is -0.343 e. The van der Waals surface area contributed by atoms with Crippen molar-refractivity contribution < 1.29 is 4.79 Å². The Bertz CT molecular complexity index is 704. The minimum absolute atomic E-state index is 0.144. The van der Waals surface area contributed by atoms with Crippen LogP contribution in [0.2, 0.25) is 0 Å². The number of benzene rings is 1. The normalized spacial score (nSPS) is 14.8. The summed E-state index contributed by atoms with van der Waals surface area (Å²) in [6.45, 7) is 2.17. The van der Waals surface area contributed by atoms with Crippen molar-refractivity contribution in [3.05, 3.63) is 34.6 Å². The smallest absolute Gasteiger partial charge is 0.277 e. The molecular weight excluding hydrogens is 268 g/mol. The molecule has 3 rings (SSSR count). The van der Waals surface area contributed by atoms with E-state index in [9.17, 15) is 9.59 Å². The average molecular weight is 286 g/mol. The first-order valence-electron chi connectivity index (χ1n) is 7.36. The Morgan fingerprint density at radius 2 is 1.95 bits per heavy atom. The first kappa shape index (κ1) is 13.7. The molecule has 0 radical (unpaired) electrons. The molecule has 1 aromatic heterocycles. The molecule has 6 nitrogen and oxygen atoms in total. The third-order valence-corrected chi connectivity index (χ3v) is 3.85. The van der Waals surface area contributed by atoms with Crippen molar-refractivity contribution in [2.24, 2.45) is 0 Å². The second kappa shape index (κ2) is 6.03. The van der Waals surface area contributed by atoms with Gasteiger partial charge in [-0.1, -0.05) is 17.3 Å². The monoisotopic (exact) mass is 286 g/mol. The summed E-state index contributed by atoms with van der Waals surface area (Å²) in [6, 6.07) is 7.16. The molecule has 21 heavy (non-hydrogen) atoms. The van der Waals surface area contributed by atoms with Gasteiger partial charge < -0.3 is 4.90 Å². The maximum Gasteiger partial charge on any atom is 0.277 e. The van der Waals surface area contributed by atoms with Crippen molar-refractivity contribution >= 4 is 16.8 Å². The molecule has 0 aliphatic carbocycles. The number of carbonyl (C=O) groups excluding carboxylic acids is 1. The molecule has 1 aliphatic heterocycles. The maximum absolute atomic E-state index is 12.2. The highest BCUT2D eigenvalue weighted by Gasteiger charge is 2.17. The van der Waals surface area contributed by atoms with Crippen molar-refractivity contribution in [3.63, 3.8) is 0 Å². The van der Waals surface area contributed by atoms with E-state index in [1.165, 1.54) is 4.68 Å². The molecular formula is C15H18N4O2. The quantitative estimate of drug-likeness (QED) is 0.846. The number of likely N-dealkylation sites (tertiary alicyclic amines) is 1. The van der Waals surface area contributed by atoms with E-state index in [1.54, 1.807) is 12.1 Å². The number of carbonyl (C=O) groups is 1. The van der Waals surface area contributed by atoms with Gasteiger partial charge in [0.2, 0.25) is 5.91 Å². The Kier molecular flexibility index (Phi) is 3.94. The van der Waals surface area contributed by atoms with Crippen molar-refractivity contribution in [2.75, 3.05) is 13.1 Å². The van der Waals surface area contributed by atoms with E-state index < -0.39 is 0 Å². The summed E-state index contributed by atoms with van der Waals surface area (Å²) in [6.07, 6.45) is 3.27. The minimum atomic E-state index is -0.144. The van der Waals surface area contributed by atoms with Crippen LogP contribution >= 0.6 is 0 Å². The highest BCUT2D eigenvalue weighted by molar-refractivity contribution is 5.77. The molecule has 110 valence electrons. The molecule has 6 heteroatoms. The summed E-state index contributed by atoms with van der Waals surface area (Å²) < 4.78 is 1.35. The Morgan fingerprint density at radius 1 is 1.19 bits per heavy atom. The first-order valence-corrected chi connectivity index (χ1v) is 7.36. The number of hydrogen-bond donors (Lipinski definition) is 0. The van der Waals surface area contributed by atoms with Crippen LogP contribution in [0.3, 0.4) is 0 Å². The van der Waals surface area contributed by atoms with E-state index in [0.717, 1.165) is 25.9 Å². The van der Waals surface area contributed by atoms with Crippen LogP contribution < -0.4 is 5.56 Å². The molecule has 1 saturated heterocycles. The van der Waals surface area contributed by atoms with Crippen LogP contribution in [0, 0.1) is 0 Å². The van der Waals surface area contributed by atoms with Gasteiger partial charge in [0.05, 0.1) is 5.39 Å². The summed E-state index contributed by atoms with van der Waals surface area (Å²) in [5, 5.41) is 8.53. The van der Waals surface area contributed by atoms with Crippen LogP contribution in [0.25, 0.3) is 10.9 Å². The van der Waals surface area contributed by atoms with Crippen molar-refractivity contribution in [1.29, 1.82) is 0 Å². The lowest BCUT2D eigenvalue weighted by Crippen LogP contribution is -2.29. The molecule has 1 amide bonds. The topological polar surface area (TPSA) is 68.1 Å². The third kappa shape index (κ3) is 2.94. The van der Waals surface area contributed by atoms with Crippen molar-refractivity contribution in [2.45, 2.75) is 32.2 Å². The molecule has 1 fully saturated rings. The molecule has 0 unspecified atom stereocenters. The average Bonchev–Trinajstić information content (AvgIpc) is 3.04. The van der Waals surface area contributed by atoms with E-state index in [1.807, 2.05) is 17.0 Å². The van der Waals surface area contributed by atoms with Crippen LogP contribution in [-0.4, -0.2) is 38.9 Å². The van der Waals surface area contributed by atoms with Crippen LogP contribution in [0.1, 0.15) is 25.7 Å². The van der Waals surface area contributed by atoms with Gasteiger partial charge in [0, 0.05) is 26.1 Å². The molecule has 1 aromatic carbocycles. The van der Waals surface area contributed by atoms with Gasteiger partial charge in [0.25, 0.3) is 5.56 Å². The van der Waals surface area contributed by atoms with Gasteiger partial charge >= 0.3 is 0 Å². The highest BCUT2D eigenvalue weighted by Crippen LogP contribution is 2.10. The third-order valence-electron chi connectivity index (χ3n) is 3.85. The summed E-state index contributed by atoms with van der Waals surface area (Å²) in [5.41, 5.74) is 0.459. The van der Waals surface area contributed by atoms with E-state index in [0.29, 0.717) is 30.3 Å². The predicted molar refractivity (Wildman–Crippen MR) is 78.8 cm³/mol. The van der Waals surface area contributed by atoms with Crippen LogP contribution in [-0.2, 0) is 11.3 Å².